The number of aromatic nitrogens is 2. The quantitative estimate of drug-likeness (QED) is 0.860. The first-order valence-corrected chi connectivity index (χ1v) is 5.61. The predicted octanol–water partition coefficient (Wildman–Crippen LogP) is 1.93. The van der Waals surface area contributed by atoms with Crippen LogP contribution in [0.2, 0.25) is 0 Å². The number of rotatable bonds is 5. The molecule has 0 atom stereocenters. The molecule has 0 unspecified atom stereocenters. The van der Waals surface area contributed by atoms with Crippen LogP contribution >= 0.6 is 0 Å². The maximum atomic E-state index is 10.8. The van der Waals surface area contributed by atoms with Gasteiger partial charge >= 0.3 is 5.97 Å². The van der Waals surface area contributed by atoms with Gasteiger partial charge in [-0.25, -0.2) is 4.79 Å². The Bertz CT molecular complexity index is 592. The molecule has 1 aromatic carbocycles. The fraction of sp³-hybridized carbons (Fsp3) is 0.231. The molecule has 2 N–H and O–H groups in total. The van der Waals surface area contributed by atoms with Crippen LogP contribution in [0.3, 0.4) is 0 Å². The van der Waals surface area contributed by atoms with Gasteiger partial charge in [-0.1, -0.05) is 12.1 Å². The summed E-state index contributed by atoms with van der Waals surface area (Å²) in [6.07, 6.45) is 0. The number of nitrogens with zero attached hydrogens (tertiary/aromatic N) is 1. The summed E-state index contributed by atoms with van der Waals surface area (Å²) >= 11 is 0. The molecule has 1 heterocycles. The van der Waals surface area contributed by atoms with Gasteiger partial charge in [0.15, 0.2) is 0 Å². The average Bonchev–Trinajstić information content (AvgIpc) is 2.88. The van der Waals surface area contributed by atoms with Crippen molar-refractivity contribution in [2.24, 2.45) is 0 Å². The Labute approximate surface area is 110 Å². The van der Waals surface area contributed by atoms with Gasteiger partial charge in [-0.15, -0.1) is 0 Å². The van der Waals surface area contributed by atoms with Gasteiger partial charge in [0.25, 0.3) is 0 Å². The van der Waals surface area contributed by atoms with Crippen molar-refractivity contribution in [3.8, 4) is 17.0 Å². The number of benzene rings is 1. The monoisotopic (exact) mass is 262 g/mol. The zero-order valence-electron chi connectivity index (χ0n) is 10.6. The summed E-state index contributed by atoms with van der Waals surface area (Å²) in [7, 11) is 3.16. The average molecular weight is 262 g/mol. The maximum Gasteiger partial charge on any atom is 0.353 e. The van der Waals surface area contributed by atoms with Crippen molar-refractivity contribution in [1.82, 2.24) is 10.2 Å². The van der Waals surface area contributed by atoms with Gasteiger partial charge in [0.2, 0.25) is 0 Å². The SMILES string of the molecule is COCc1cccc(-c2cc(C(=O)O)[nH]n2)c1OC. The minimum absolute atomic E-state index is 0.0363. The lowest BCUT2D eigenvalue weighted by Crippen LogP contribution is -1.96. The molecular formula is C13H14N2O4. The molecule has 0 aliphatic heterocycles. The highest BCUT2D eigenvalue weighted by atomic mass is 16.5. The molecule has 6 heteroatoms. The van der Waals surface area contributed by atoms with Crippen molar-refractivity contribution < 1.29 is 19.4 Å². The Morgan fingerprint density at radius 3 is 2.79 bits per heavy atom. The number of aromatic amines is 1. The summed E-state index contributed by atoms with van der Waals surface area (Å²) < 4.78 is 10.5. The third-order valence-electron chi connectivity index (χ3n) is 2.68. The van der Waals surface area contributed by atoms with Crippen LogP contribution in [0.4, 0.5) is 0 Å². The summed E-state index contributed by atoms with van der Waals surface area (Å²) in [4.78, 5) is 10.8. The molecule has 6 nitrogen and oxygen atoms in total. The lowest BCUT2D eigenvalue weighted by molar-refractivity contribution is 0.0690. The van der Waals surface area contributed by atoms with Gasteiger partial charge in [-0.3, -0.25) is 5.10 Å². The molecule has 1 aromatic heterocycles. The van der Waals surface area contributed by atoms with Gasteiger partial charge in [-0.2, -0.15) is 5.10 Å². The lowest BCUT2D eigenvalue weighted by Gasteiger charge is -2.11. The first-order valence-electron chi connectivity index (χ1n) is 5.61. The Morgan fingerprint density at radius 1 is 1.42 bits per heavy atom. The van der Waals surface area contributed by atoms with Crippen molar-refractivity contribution in [1.29, 1.82) is 0 Å². The molecule has 0 amide bonds. The van der Waals surface area contributed by atoms with Crippen LogP contribution in [0.25, 0.3) is 11.3 Å². The van der Waals surface area contributed by atoms with Gasteiger partial charge < -0.3 is 14.6 Å². The van der Waals surface area contributed by atoms with Crippen LogP contribution in [0.15, 0.2) is 24.3 Å². The minimum atomic E-state index is -1.05. The zero-order valence-corrected chi connectivity index (χ0v) is 10.6. The highest BCUT2D eigenvalue weighted by molar-refractivity contribution is 5.87. The number of ether oxygens (including phenoxy) is 2. The molecule has 0 saturated heterocycles. The van der Waals surface area contributed by atoms with E-state index in [1.807, 2.05) is 18.2 Å². The van der Waals surface area contributed by atoms with E-state index in [-0.39, 0.29) is 5.69 Å². The van der Waals surface area contributed by atoms with E-state index in [0.29, 0.717) is 18.1 Å². The van der Waals surface area contributed by atoms with E-state index >= 15 is 0 Å². The number of carbonyl (C=O) groups is 1. The van der Waals surface area contributed by atoms with Crippen molar-refractivity contribution in [2.75, 3.05) is 14.2 Å². The second-order valence-electron chi connectivity index (χ2n) is 3.90. The number of para-hydroxylation sites is 1. The van der Waals surface area contributed by atoms with Crippen LogP contribution in [-0.4, -0.2) is 35.5 Å². The largest absolute Gasteiger partial charge is 0.496 e. The first-order chi connectivity index (χ1) is 9.17. The topological polar surface area (TPSA) is 84.4 Å². The lowest BCUT2D eigenvalue weighted by atomic mass is 10.1. The molecule has 2 rings (SSSR count). The van der Waals surface area contributed by atoms with Gasteiger partial charge in [0.1, 0.15) is 11.4 Å². The number of hydrogen-bond donors (Lipinski definition) is 2. The predicted molar refractivity (Wildman–Crippen MR) is 68.2 cm³/mol. The molecular weight excluding hydrogens is 248 g/mol. The second-order valence-corrected chi connectivity index (χ2v) is 3.90. The molecule has 0 saturated carbocycles. The summed E-state index contributed by atoms with van der Waals surface area (Å²) in [5.74, 6) is -0.418. The number of carboxylic acids is 1. The van der Waals surface area contributed by atoms with E-state index < -0.39 is 5.97 Å². The summed E-state index contributed by atoms with van der Waals surface area (Å²) in [6, 6.07) is 7.02. The number of hydrogen-bond acceptors (Lipinski definition) is 4. The highest BCUT2D eigenvalue weighted by Crippen LogP contribution is 2.32. The van der Waals surface area contributed by atoms with E-state index in [4.69, 9.17) is 14.6 Å². The fourth-order valence-electron chi connectivity index (χ4n) is 1.87. The zero-order chi connectivity index (χ0) is 13.8. The smallest absolute Gasteiger partial charge is 0.353 e. The van der Waals surface area contributed by atoms with Crippen molar-refractivity contribution >= 4 is 5.97 Å². The summed E-state index contributed by atoms with van der Waals surface area (Å²) in [5, 5.41) is 15.3. The highest BCUT2D eigenvalue weighted by Gasteiger charge is 2.15. The molecule has 2 aromatic rings. The van der Waals surface area contributed by atoms with Crippen LogP contribution in [0.5, 0.6) is 5.75 Å². The van der Waals surface area contributed by atoms with Gasteiger partial charge in [0.05, 0.1) is 19.4 Å². The maximum absolute atomic E-state index is 10.8. The molecule has 0 fully saturated rings. The summed E-state index contributed by atoms with van der Waals surface area (Å²) in [5.41, 5.74) is 2.16. The molecule has 19 heavy (non-hydrogen) atoms. The molecule has 0 bridgehead atoms. The van der Waals surface area contributed by atoms with E-state index in [1.54, 1.807) is 14.2 Å². The second kappa shape index (κ2) is 5.53. The normalized spacial score (nSPS) is 10.4. The number of H-pyrrole nitrogens is 1. The van der Waals surface area contributed by atoms with E-state index in [2.05, 4.69) is 10.2 Å². The molecule has 0 radical (unpaired) electrons. The molecule has 0 aliphatic carbocycles. The molecule has 0 spiro atoms. The third-order valence-corrected chi connectivity index (χ3v) is 2.68. The standard InChI is InChI=1S/C13H14N2O4/c1-18-7-8-4-3-5-9(12(8)19-2)10-6-11(13(16)17)15-14-10/h3-6H,7H2,1-2H3,(H,14,15)(H,16,17). The number of aromatic carboxylic acids is 1. The molecule has 0 aliphatic rings. The Balaban J connectivity index is 2.48. The van der Waals surface area contributed by atoms with Crippen LogP contribution in [0, 0.1) is 0 Å². The Hall–Kier alpha value is -2.34. The molecule has 100 valence electrons. The van der Waals surface area contributed by atoms with Crippen molar-refractivity contribution in [3.05, 3.63) is 35.5 Å². The number of nitrogens with one attached hydrogen (secondary N) is 1. The van der Waals surface area contributed by atoms with Crippen molar-refractivity contribution in [3.63, 3.8) is 0 Å². The summed E-state index contributed by atoms with van der Waals surface area (Å²) in [6.45, 7) is 0.410. The van der Waals surface area contributed by atoms with Crippen LogP contribution in [-0.2, 0) is 11.3 Å². The van der Waals surface area contributed by atoms with Crippen LogP contribution < -0.4 is 4.74 Å². The third kappa shape index (κ3) is 2.58. The van der Waals surface area contributed by atoms with Crippen LogP contribution in [0.1, 0.15) is 16.1 Å². The number of methoxy groups -OCH3 is 2. The van der Waals surface area contributed by atoms with E-state index in [1.165, 1.54) is 6.07 Å². The van der Waals surface area contributed by atoms with E-state index in [9.17, 15) is 4.79 Å². The fourth-order valence-corrected chi connectivity index (χ4v) is 1.87. The van der Waals surface area contributed by atoms with E-state index in [0.717, 1.165) is 11.1 Å². The Kier molecular flexibility index (Phi) is 3.82. The van der Waals surface area contributed by atoms with Gasteiger partial charge in [-0.05, 0) is 12.1 Å². The minimum Gasteiger partial charge on any atom is -0.496 e. The van der Waals surface area contributed by atoms with Gasteiger partial charge in [0, 0.05) is 18.2 Å². The Morgan fingerprint density at radius 2 is 2.21 bits per heavy atom. The number of carboxylic acid groups (broad SMARTS) is 1. The van der Waals surface area contributed by atoms with Crippen molar-refractivity contribution in [2.45, 2.75) is 6.61 Å². The first kappa shape index (κ1) is 13.1.